The number of ether oxygens (including phenoxy) is 1. The molecule has 1 aliphatic carbocycles. The van der Waals surface area contributed by atoms with Gasteiger partial charge in [-0.2, -0.15) is 0 Å². The van der Waals surface area contributed by atoms with Crippen molar-refractivity contribution in [1.29, 1.82) is 0 Å². The van der Waals surface area contributed by atoms with E-state index >= 15 is 0 Å². The second-order valence-electron chi connectivity index (χ2n) is 4.85. The van der Waals surface area contributed by atoms with Crippen molar-refractivity contribution in [3.05, 3.63) is 0 Å². The van der Waals surface area contributed by atoms with Gasteiger partial charge in [0, 0.05) is 18.6 Å². The summed E-state index contributed by atoms with van der Waals surface area (Å²) in [6, 6.07) is 1.12. The molecular weight excluding hydrogens is 188 g/mol. The molecule has 15 heavy (non-hydrogen) atoms. The summed E-state index contributed by atoms with van der Waals surface area (Å²) in [5.41, 5.74) is 0. The van der Waals surface area contributed by atoms with Crippen LogP contribution in [0.15, 0.2) is 0 Å². The highest BCUT2D eigenvalue weighted by molar-refractivity contribution is 4.89. The SMILES string of the molecule is CNC(C1CCCCC1)C1COCCN1. The Bertz CT molecular complexity index is 156. The second kappa shape index (κ2) is 5.83. The monoisotopic (exact) mass is 212 g/mol. The predicted molar refractivity (Wildman–Crippen MR) is 62.0 cm³/mol. The quantitative estimate of drug-likeness (QED) is 0.736. The van der Waals surface area contributed by atoms with Crippen LogP contribution in [0, 0.1) is 5.92 Å². The van der Waals surface area contributed by atoms with Crippen molar-refractivity contribution in [3.8, 4) is 0 Å². The number of hydrogen-bond donors (Lipinski definition) is 2. The Hall–Kier alpha value is -0.120. The second-order valence-corrected chi connectivity index (χ2v) is 4.85. The maximum Gasteiger partial charge on any atom is 0.0635 e. The summed E-state index contributed by atoms with van der Waals surface area (Å²) in [7, 11) is 2.09. The molecule has 1 heterocycles. The summed E-state index contributed by atoms with van der Waals surface area (Å²) < 4.78 is 5.55. The fourth-order valence-electron chi connectivity index (χ4n) is 3.08. The third-order valence-corrected chi connectivity index (χ3v) is 3.87. The van der Waals surface area contributed by atoms with E-state index in [1.54, 1.807) is 0 Å². The molecule has 2 rings (SSSR count). The lowest BCUT2D eigenvalue weighted by atomic mass is 9.81. The topological polar surface area (TPSA) is 33.3 Å². The minimum atomic E-state index is 0.520. The summed E-state index contributed by atoms with van der Waals surface area (Å²) >= 11 is 0. The molecule has 1 saturated carbocycles. The van der Waals surface area contributed by atoms with E-state index < -0.39 is 0 Å². The summed E-state index contributed by atoms with van der Waals surface area (Å²) in [6.45, 7) is 2.76. The molecule has 0 aromatic carbocycles. The van der Waals surface area contributed by atoms with Crippen molar-refractivity contribution < 1.29 is 4.74 Å². The standard InChI is InChI=1S/C12H24N2O/c1-13-12(10-5-3-2-4-6-10)11-9-15-8-7-14-11/h10-14H,2-9H2,1H3. The molecule has 0 bridgehead atoms. The van der Waals surface area contributed by atoms with Gasteiger partial charge in [-0.05, 0) is 25.8 Å². The van der Waals surface area contributed by atoms with Crippen molar-refractivity contribution >= 4 is 0 Å². The lowest BCUT2D eigenvalue weighted by molar-refractivity contribution is 0.0514. The maximum absolute atomic E-state index is 5.55. The molecule has 0 aromatic rings. The zero-order valence-electron chi connectivity index (χ0n) is 9.80. The van der Waals surface area contributed by atoms with Gasteiger partial charge in [-0.1, -0.05) is 19.3 Å². The van der Waals surface area contributed by atoms with Crippen LogP contribution in [0.4, 0.5) is 0 Å². The van der Waals surface area contributed by atoms with Gasteiger partial charge in [-0.25, -0.2) is 0 Å². The van der Waals surface area contributed by atoms with E-state index in [1.807, 2.05) is 0 Å². The van der Waals surface area contributed by atoms with Crippen molar-refractivity contribution in [2.24, 2.45) is 5.92 Å². The van der Waals surface area contributed by atoms with E-state index in [0.29, 0.717) is 12.1 Å². The molecule has 2 unspecified atom stereocenters. The Morgan fingerprint density at radius 2 is 2.07 bits per heavy atom. The molecule has 2 aliphatic rings. The normalized spacial score (nSPS) is 31.4. The Labute approximate surface area is 93.0 Å². The number of hydrogen-bond acceptors (Lipinski definition) is 3. The van der Waals surface area contributed by atoms with Gasteiger partial charge in [0.2, 0.25) is 0 Å². The van der Waals surface area contributed by atoms with Crippen LogP contribution >= 0.6 is 0 Å². The van der Waals surface area contributed by atoms with Crippen molar-refractivity contribution in [2.75, 3.05) is 26.8 Å². The summed E-state index contributed by atoms with van der Waals surface area (Å²) in [6.07, 6.45) is 7.04. The lowest BCUT2D eigenvalue weighted by Crippen LogP contribution is -2.56. The van der Waals surface area contributed by atoms with E-state index in [9.17, 15) is 0 Å². The highest BCUT2D eigenvalue weighted by Crippen LogP contribution is 2.28. The highest BCUT2D eigenvalue weighted by Gasteiger charge is 2.30. The molecule has 0 spiro atoms. The van der Waals surface area contributed by atoms with Gasteiger partial charge in [0.15, 0.2) is 0 Å². The van der Waals surface area contributed by atoms with Gasteiger partial charge in [-0.3, -0.25) is 0 Å². The molecule has 0 aromatic heterocycles. The largest absolute Gasteiger partial charge is 0.378 e. The van der Waals surface area contributed by atoms with Crippen molar-refractivity contribution in [2.45, 2.75) is 44.2 Å². The smallest absolute Gasteiger partial charge is 0.0635 e. The Balaban J connectivity index is 1.88. The minimum Gasteiger partial charge on any atom is -0.378 e. The number of nitrogens with one attached hydrogen (secondary N) is 2. The summed E-state index contributed by atoms with van der Waals surface area (Å²) in [5.74, 6) is 0.850. The molecule has 3 heteroatoms. The van der Waals surface area contributed by atoms with Gasteiger partial charge in [0.1, 0.15) is 0 Å². The van der Waals surface area contributed by atoms with E-state index in [1.165, 1.54) is 32.1 Å². The average molecular weight is 212 g/mol. The molecule has 88 valence electrons. The van der Waals surface area contributed by atoms with Crippen LogP contribution in [-0.2, 0) is 4.74 Å². The molecule has 1 aliphatic heterocycles. The van der Waals surface area contributed by atoms with Crippen LogP contribution in [0.5, 0.6) is 0 Å². The third-order valence-electron chi connectivity index (χ3n) is 3.87. The molecule has 2 atom stereocenters. The van der Waals surface area contributed by atoms with Crippen molar-refractivity contribution in [3.63, 3.8) is 0 Å². The Kier molecular flexibility index (Phi) is 4.42. The fourth-order valence-corrected chi connectivity index (χ4v) is 3.08. The first-order valence-corrected chi connectivity index (χ1v) is 6.40. The predicted octanol–water partition coefficient (Wildman–Crippen LogP) is 1.14. The molecule has 2 N–H and O–H groups in total. The highest BCUT2D eigenvalue weighted by atomic mass is 16.5. The molecule has 0 radical (unpaired) electrons. The van der Waals surface area contributed by atoms with E-state index in [2.05, 4.69) is 17.7 Å². The maximum atomic E-state index is 5.55. The van der Waals surface area contributed by atoms with Crippen LogP contribution in [0.3, 0.4) is 0 Å². The molecule has 1 saturated heterocycles. The number of rotatable bonds is 3. The third kappa shape index (κ3) is 2.92. The van der Waals surface area contributed by atoms with Gasteiger partial charge in [-0.15, -0.1) is 0 Å². The fraction of sp³-hybridized carbons (Fsp3) is 1.00. The average Bonchev–Trinajstić information content (AvgIpc) is 2.33. The van der Waals surface area contributed by atoms with Gasteiger partial charge < -0.3 is 15.4 Å². The van der Waals surface area contributed by atoms with Crippen LogP contribution < -0.4 is 10.6 Å². The molecule has 3 nitrogen and oxygen atoms in total. The van der Waals surface area contributed by atoms with E-state index in [4.69, 9.17) is 4.74 Å². The zero-order valence-corrected chi connectivity index (χ0v) is 9.80. The summed E-state index contributed by atoms with van der Waals surface area (Å²) in [4.78, 5) is 0. The van der Waals surface area contributed by atoms with Crippen LogP contribution in [0.25, 0.3) is 0 Å². The van der Waals surface area contributed by atoms with Crippen molar-refractivity contribution in [1.82, 2.24) is 10.6 Å². The lowest BCUT2D eigenvalue weighted by Gasteiger charge is -2.37. The molecular formula is C12H24N2O. The van der Waals surface area contributed by atoms with Gasteiger partial charge in [0.25, 0.3) is 0 Å². The number of morpholine rings is 1. The first kappa shape index (κ1) is 11.4. The van der Waals surface area contributed by atoms with E-state index in [0.717, 1.165) is 25.7 Å². The molecule has 2 fully saturated rings. The zero-order chi connectivity index (χ0) is 10.5. The minimum absolute atomic E-state index is 0.520. The van der Waals surface area contributed by atoms with E-state index in [-0.39, 0.29) is 0 Å². The Morgan fingerprint density at radius 1 is 1.27 bits per heavy atom. The van der Waals surface area contributed by atoms with Gasteiger partial charge in [0.05, 0.1) is 13.2 Å². The first-order valence-electron chi connectivity index (χ1n) is 6.40. The van der Waals surface area contributed by atoms with Gasteiger partial charge >= 0.3 is 0 Å². The van der Waals surface area contributed by atoms with Crippen LogP contribution in [0.1, 0.15) is 32.1 Å². The first-order chi connectivity index (χ1) is 7.42. The number of likely N-dealkylation sites (N-methyl/N-ethyl adjacent to an activating group) is 1. The Morgan fingerprint density at radius 3 is 2.67 bits per heavy atom. The van der Waals surface area contributed by atoms with Crippen LogP contribution in [0.2, 0.25) is 0 Å². The van der Waals surface area contributed by atoms with Crippen LogP contribution in [-0.4, -0.2) is 38.9 Å². The molecule has 0 amide bonds. The summed E-state index contributed by atoms with van der Waals surface area (Å²) in [5, 5.41) is 7.08.